The molecule has 0 radical (unpaired) electrons. The highest BCUT2D eigenvalue weighted by atomic mass is 15.2. The molecule has 1 aliphatic heterocycles. The minimum Gasteiger partial charge on any atom is -0.367 e. The predicted molar refractivity (Wildman–Crippen MR) is 78.1 cm³/mol. The molecule has 0 aliphatic carbocycles. The molecule has 100 valence electrons. The van der Waals surface area contributed by atoms with Crippen LogP contribution in [0.1, 0.15) is 18.9 Å². The van der Waals surface area contributed by atoms with E-state index in [0.717, 1.165) is 19.6 Å². The fourth-order valence-electron chi connectivity index (χ4n) is 2.77. The number of rotatable bonds is 3. The number of hydrogen-bond acceptors (Lipinski definition) is 3. The third kappa shape index (κ3) is 3.24. The monoisotopic (exact) mass is 247 g/mol. The van der Waals surface area contributed by atoms with Gasteiger partial charge in [-0.1, -0.05) is 12.1 Å². The number of anilines is 1. The van der Waals surface area contributed by atoms with E-state index in [0.29, 0.717) is 6.04 Å². The maximum atomic E-state index is 3.19. The van der Waals surface area contributed by atoms with Gasteiger partial charge in [0.05, 0.1) is 0 Å². The summed E-state index contributed by atoms with van der Waals surface area (Å²) >= 11 is 0. The second kappa shape index (κ2) is 6.21. The molecule has 0 spiro atoms. The molecule has 0 saturated carbocycles. The third-order valence-corrected chi connectivity index (χ3v) is 3.70. The minimum atomic E-state index is 0.590. The Balaban J connectivity index is 2.09. The van der Waals surface area contributed by atoms with E-state index < -0.39 is 0 Å². The SMILES string of the molecule is CNCc1ccc(N2CCCN(C)CC2C)cc1. The zero-order chi connectivity index (χ0) is 13.0. The zero-order valence-corrected chi connectivity index (χ0v) is 11.8. The molecule has 3 nitrogen and oxygen atoms in total. The van der Waals surface area contributed by atoms with Crippen LogP contribution in [0, 0.1) is 0 Å². The first-order valence-corrected chi connectivity index (χ1v) is 6.89. The Bertz CT molecular complexity index is 361. The second-order valence-corrected chi connectivity index (χ2v) is 5.35. The van der Waals surface area contributed by atoms with E-state index >= 15 is 0 Å². The third-order valence-electron chi connectivity index (χ3n) is 3.70. The van der Waals surface area contributed by atoms with Crippen LogP contribution in [0.4, 0.5) is 5.69 Å². The standard InChI is InChI=1S/C15H25N3/c1-13-12-17(3)9-4-10-18(13)15-7-5-14(6-8-15)11-16-2/h5-8,13,16H,4,9-12H2,1-3H3. The van der Waals surface area contributed by atoms with Gasteiger partial charge in [-0.2, -0.15) is 0 Å². The van der Waals surface area contributed by atoms with E-state index in [1.807, 2.05) is 7.05 Å². The highest BCUT2D eigenvalue weighted by Crippen LogP contribution is 2.20. The molecule has 1 aliphatic rings. The molecule has 1 saturated heterocycles. The molecule has 1 atom stereocenters. The highest BCUT2D eigenvalue weighted by molar-refractivity contribution is 5.48. The molecule has 1 aromatic carbocycles. The Hall–Kier alpha value is -1.06. The van der Waals surface area contributed by atoms with Gasteiger partial charge in [-0.05, 0) is 51.7 Å². The molecule has 1 unspecified atom stereocenters. The summed E-state index contributed by atoms with van der Waals surface area (Å²) in [6, 6.07) is 9.57. The average molecular weight is 247 g/mol. The van der Waals surface area contributed by atoms with Crippen molar-refractivity contribution < 1.29 is 0 Å². The molecule has 3 heteroatoms. The summed E-state index contributed by atoms with van der Waals surface area (Å²) in [5, 5.41) is 3.19. The Morgan fingerprint density at radius 2 is 1.94 bits per heavy atom. The molecule has 1 N–H and O–H groups in total. The van der Waals surface area contributed by atoms with Gasteiger partial charge in [0, 0.05) is 31.4 Å². The summed E-state index contributed by atoms with van der Waals surface area (Å²) in [7, 11) is 4.20. The minimum absolute atomic E-state index is 0.590. The fraction of sp³-hybridized carbons (Fsp3) is 0.600. The van der Waals surface area contributed by atoms with Crippen LogP contribution < -0.4 is 10.2 Å². The number of nitrogens with zero attached hydrogens (tertiary/aromatic N) is 2. The quantitative estimate of drug-likeness (QED) is 0.880. The molecule has 0 aromatic heterocycles. The summed E-state index contributed by atoms with van der Waals surface area (Å²) in [5.74, 6) is 0. The first-order valence-electron chi connectivity index (χ1n) is 6.89. The van der Waals surface area contributed by atoms with Gasteiger partial charge >= 0.3 is 0 Å². The molecule has 2 rings (SSSR count). The zero-order valence-electron chi connectivity index (χ0n) is 11.8. The van der Waals surface area contributed by atoms with Gasteiger partial charge in [0.1, 0.15) is 0 Å². The molecular weight excluding hydrogens is 222 g/mol. The Kier molecular flexibility index (Phi) is 4.61. The Labute approximate surface area is 111 Å². The second-order valence-electron chi connectivity index (χ2n) is 5.35. The van der Waals surface area contributed by atoms with Crippen molar-refractivity contribution in [3.05, 3.63) is 29.8 Å². The van der Waals surface area contributed by atoms with Crippen molar-refractivity contribution in [3.8, 4) is 0 Å². The van der Waals surface area contributed by atoms with E-state index in [-0.39, 0.29) is 0 Å². The van der Waals surface area contributed by atoms with E-state index in [1.54, 1.807) is 0 Å². The summed E-state index contributed by atoms with van der Waals surface area (Å²) < 4.78 is 0. The lowest BCUT2D eigenvalue weighted by atomic mass is 10.1. The normalized spacial score (nSPS) is 21.9. The van der Waals surface area contributed by atoms with Gasteiger partial charge in [-0.3, -0.25) is 0 Å². The summed E-state index contributed by atoms with van der Waals surface area (Å²) in [6.07, 6.45) is 1.25. The van der Waals surface area contributed by atoms with Crippen LogP contribution >= 0.6 is 0 Å². The van der Waals surface area contributed by atoms with Crippen LogP contribution in [0.5, 0.6) is 0 Å². The van der Waals surface area contributed by atoms with Crippen molar-refractivity contribution in [2.24, 2.45) is 0 Å². The van der Waals surface area contributed by atoms with Crippen LogP contribution in [0.3, 0.4) is 0 Å². The van der Waals surface area contributed by atoms with Gasteiger partial charge in [0.25, 0.3) is 0 Å². The lowest BCUT2D eigenvalue weighted by molar-refractivity contribution is 0.337. The number of benzene rings is 1. The molecular formula is C15H25N3. The van der Waals surface area contributed by atoms with Crippen molar-refractivity contribution in [2.45, 2.75) is 25.9 Å². The predicted octanol–water partition coefficient (Wildman–Crippen LogP) is 1.94. The average Bonchev–Trinajstić information content (AvgIpc) is 2.52. The van der Waals surface area contributed by atoms with E-state index in [4.69, 9.17) is 0 Å². The van der Waals surface area contributed by atoms with E-state index in [2.05, 4.69) is 53.4 Å². The lowest BCUT2D eigenvalue weighted by Crippen LogP contribution is -2.37. The molecule has 0 amide bonds. The highest BCUT2D eigenvalue weighted by Gasteiger charge is 2.19. The van der Waals surface area contributed by atoms with Crippen molar-refractivity contribution in [3.63, 3.8) is 0 Å². The summed E-state index contributed by atoms with van der Waals surface area (Å²) in [5.41, 5.74) is 2.71. The fourth-order valence-corrected chi connectivity index (χ4v) is 2.77. The van der Waals surface area contributed by atoms with Crippen LogP contribution in [-0.2, 0) is 6.54 Å². The van der Waals surface area contributed by atoms with Gasteiger partial charge in [0.2, 0.25) is 0 Å². The topological polar surface area (TPSA) is 18.5 Å². The molecule has 18 heavy (non-hydrogen) atoms. The van der Waals surface area contributed by atoms with Crippen LogP contribution in [0.25, 0.3) is 0 Å². The van der Waals surface area contributed by atoms with E-state index in [1.165, 1.54) is 24.2 Å². The lowest BCUT2D eigenvalue weighted by Gasteiger charge is -2.30. The van der Waals surface area contributed by atoms with Crippen LogP contribution in [-0.4, -0.2) is 44.7 Å². The van der Waals surface area contributed by atoms with E-state index in [9.17, 15) is 0 Å². The van der Waals surface area contributed by atoms with Crippen molar-refractivity contribution >= 4 is 5.69 Å². The molecule has 1 aromatic rings. The van der Waals surface area contributed by atoms with Crippen molar-refractivity contribution in [1.82, 2.24) is 10.2 Å². The largest absolute Gasteiger partial charge is 0.367 e. The van der Waals surface area contributed by atoms with Gasteiger partial charge < -0.3 is 15.1 Å². The van der Waals surface area contributed by atoms with Gasteiger partial charge in [0.15, 0.2) is 0 Å². The van der Waals surface area contributed by atoms with Crippen molar-refractivity contribution in [1.29, 1.82) is 0 Å². The summed E-state index contributed by atoms with van der Waals surface area (Å²) in [4.78, 5) is 4.96. The first kappa shape index (κ1) is 13.4. The van der Waals surface area contributed by atoms with Gasteiger partial charge in [-0.15, -0.1) is 0 Å². The number of nitrogens with one attached hydrogen (secondary N) is 1. The maximum absolute atomic E-state index is 3.19. The number of likely N-dealkylation sites (N-methyl/N-ethyl adjacent to an activating group) is 1. The molecule has 1 fully saturated rings. The Morgan fingerprint density at radius 3 is 2.61 bits per heavy atom. The molecule has 1 heterocycles. The first-order chi connectivity index (χ1) is 8.70. The smallest absolute Gasteiger partial charge is 0.0388 e. The van der Waals surface area contributed by atoms with Gasteiger partial charge in [-0.25, -0.2) is 0 Å². The van der Waals surface area contributed by atoms with Crippen LogP contribution in [0.15, 0.2) is 24.3 Å². The van der Waals surface area contributed by atoms with Crippen LogP contribution in [0.2, 0.25) is 0 Å². The molecule has 0 bridgehead atoms. The van der Waals surface area contributed by atoms with Crippen molar-refractivity contribution in [2.75, 3.05) is 38.6 Å². The number of hydrogen-bond donors (Lipinski definition) is 1. The summed E-state index contributed by atoms with van der Waals surface area (Å²) in [6.45, 7) is 6.79. The maximum Gasteiger partial charge on any atom is 0.0388 e. The Morgan fingerprint density at radius 1 is 1.22 bits per heavy atom.